The van der Waals surface area contributed by atoms with Gasteiger partial charge in [-0.25, -0.2) is 9.18 Å². The van der Waals surface area contributed by atoms with Gasteiger partial charge in [0.2, 0.25) is 5.82 Å². The van der Waals surface area contributed by atoms with Gasteiger partial charge in [-0.1, -0.05) is 0 Å². The number of tetrazole rings is 1. The average Bonchev–Trinajstić information content (AvgIpc) is 3.36. The molecule has 9 nitrogen and oxygen atoms in total. The minimum atomic E-state index is -0.541. The molecule has 1 aromatic carbocycles. The molecule has 2 N–H and O–H groups in total. The van der Waals surface area contributed by atoms with Crippen molar-refractivity contribution in [2.75, 3.05) is 12.4 Å². The Morgan fingerprint density at radius 2 is 2.26 bits per heavy atom. The number of ether oxygens (including phenoxy) is 2. The van der Waals surface area contributed by atoms with E-state index in [9.17, 15) is 14.4 Å². The number of allylic oxidation sites excluding steroid dienone is 1. The van der Waals surface area contributed by atoms with Crippen LogP contribution >= 0.6 is 11.3 Å². The van der Waals surface area contributed by atoms with E-state index in [-0.39, 0.29) is 33.5 Å². The van der Waals surface area contributed by atoms with E-state index in [4.69, 9.17) is 9.47 Å². The highest BCUT2D eigenvalue weighted by Crippen LogP contribution is 2.35. The molecular formula is C16H11FN6O3S. The molecule has 0 saturated heterocycles. The fraction of sp³-hybridized carbons (Fsp3) is 0.0625. The van der Waals surface area contributed by atoms with Crippen LogP contribution in [0, 0.1) is 17.1 Å². The van der Waals surface area contributed by atoms with Crippen LogP contribution in [0.5, 0.6) is 11.5 Å². The third-order valence-electron chi connectivity index (χ3n) is 3.24. The Bertz CT molecular complexity index is 1030. The summed E-state index contributed by atoms with van der Waals surface area (Å²) in [4.78, 5) is 12.0. The minimum absolute atomic E-state index is 0.0738. The number of hydrogen-bond donors (Lipinski definition) is 2. The van der Waals surface area contributed by atoms with Crippen molar-refractivity contribution >= 4 is 28.6 Å². The van der Waals surface area contributed by atoms with Crippen LogP contribution in [-0.2, 0) is 4.74 Å². The summed E-state index contributed by atoms with van der Waals surface area (Å²) in [5, 5.41) is 26.7. The summed E-state index contributed by atoms with van der Waals surface area (Å²) >= 11 is 1.15. The molecule has 0 fully saturated rings. The van der Waals surface area contributed by atoms with Crippen LogP contribution < -0.4 is 10.1 Å². The van der Waals surface area contributed by atoms with Crippen LogP contribution in [-0.4, -0.2) is 33.7 Å². The van der Waals surface area contributed by atoms with Crippen LogP contribution in [0.25, 0.3) is 5.57 Å². The van der Waals surface area contributed by atoms with Gasteiger partial charge < -0.3 is 14.8 Å². The molecule has 0 aliphatic carbocycles. The van der Waals surface area contributed by atoms with Gasteiger partial charge in [-0.15, -0.1) is 21.5 Å². The van der Waals surface area contributed by atoms with Crippen molar-refractivity contribution in [2.24, 2.45) is 0 Å². The highest BCUT2D eigenvalue weighted by atomic mass is 32.1. The molecule has 0 radical (unpaired) electrons. The number of aromatic amines is 1. The van der Waals surface area contributed by atoms with Crippen molar-refractivity contribution in [3.8, 4) is 17.6 Å². The molecule has 0 aliphatic heterocycles. The van der Waals surface area contributed by atoms with E-state index in [1.807, 2.05) is 6.07 Å². The maximum atomic E-state index is 13.7. The first-order valence-electron chi connectivity index (χ1n) is 7.36. The number of halogens is 1. The lowest BCUT2D eigenvalue weighted by atomic mass is 10.2. The summed E-state index contributed by atoms with van der Waals surface area (Å²) in [6, 6.07) is 7.29. The second kappa shape index (κ2) is 8.07. The van der Waals surface area contributed by atoms with Crippen molar-refractivity contribution in [2.45, 2.75) is 0 Å². The lowest BCUT2D eigenvalue weighted by Gasteiger charge is -2.11. The molecule has 136 valence electrons. The van der Waals surface area contributed by atoms with Gasteiger partial charge in [-0.3, -0.25) is 0 Å². The Labute approximate surface area is 156 Å². The van der Waals surface area contributed by atoms with Crippen molar-refractivity contribution in [1.29, 1.82) is 5.26 Å². The first-order chi connectivity index (χ1) is 13.1. The number of carbonyl (C=O) groups excluding carboxylic acids is 1. The number of aromatic nitrogens is 4. The van der Waals surface area contributed by atoms with E-state index < -0.39 is 11.8 Å². The van der Waals surface area contributed by atoms with Crippen molar-refractivity contribution in [3.63, 3.8) is 0 Å². The summed E-state index contributed by atoms with van der Waals surface area (Å²) in [6.45, 7) is 0. The number of hydrogen-bond acceptors (Lipinski definition) is 9. The highest BCUT2D eigenvalue weighted by molar-refractivity contribution is 7.12. The number of methoxy groups -OCH3 is 1. The van der Waals surface area contributed by atoms with E-state index in [1.54, 1.807) is 11.4 Å². The number of nitrogens with one attached hydrogen (secondary N) is 2. The smallest absolute Gasteiger partial charge is 0.351 e. The lowest BCUT2D eigenvalue weighted by Crippen LogP contribution is -2.01. The lowest BCUT2D eigenvalue weighted by molar-refractivity contribution is 0.0604. The number of benzene rings is 1. The molecule has 3 rings (SSSR count). The summed E-state index contributed by atoms with van der Waals surface area (Å²) in [5.74, 6) is -0.476. The molecule has 2 heterocycles. The van der Waals surface area contributed by atoms with Gasteiger partial charge in [-0.05, 0) is 28.8 Å². The van der Waals surface area contributed by atoms with Gasteiger partial charge in [-0.2, -0.15) is 10.5 Å². The Kier molecular flexibility index (Phi) is 5.38. The maximum absolute atomic E-state index is 13.7. The summed E-state index contributed by atoms with van der Waals surface area (Å²) in [5.41, 5.74) is 0.304. The number of thiophene rings is 1. The Balaban J connectivity index is 1.89. The molecule has 11 heteroatoms. The second-order valence-corrected chi connectivity index (χ2v) is 5.81. The normalized spacial score (nSPS) is 10.9. The van der Waals surface area contributed by atoms with E-state index in [0.717, 1.165) is 11.3 Å². The SMILES string of the molecule is COC(=O)c1sccc1Oc1ccc(F)cc1NC=C(C#N)c1nn[nH]n1. The number of esters is 1. The fourth-order valence-electron chi connectivity index (χ4n) is 2.01. The molecule has 2 aromatic heterocycles. The summed E-state index contributed by atoms with van der Waals surface area (Å²) in [7, 11) is 1.27. The number of anilines is 1. The average molecular weight is 386 g/mol. The second-order valence-electron chi connectivity index (χ2n) is 4.90. The van der Waals surface area contributed by atoms with Crippen LogP contribution in [0.15, 0.2) is 35.8 Å². The van der Waals surface area contributed by atoms with Crippen LogP contribution in [0.1, 0.15) is 15.5 Å². The molecule has 0 spiro atoms. The van der Waals surface area contributed by atoms with Gasteiger partial charge >= 0.3 is 5.97 Å². The quantitative estimate of drug-likeness (QED) is 0.489. The van der Waals surface area contributed by atoms with Gasteiger partial charge in [0.1, 0.15) is 17.5 Å². The minimum Gasteiger partial charge on any atom is -0.465 e. The van der Waals surface area contributed by atoms with Gasteiger partial charge in [0.05, 0.1) is 12.8 Å². The van der Waals surface area contributed by atoms with Crippen LogP contribution in [0.4, 0.5) is 10.1 Å². The molecule has 0 aliphatic rings. The Morgan fingerprint density at radius 1 is 1.41 bits per heavy atom. The number of nitriles is 1. The summed E-state index contributed by atoms with van der Waals surface area (Å²) in [6.07, 6.45) is 1.29. The van der Waals surface area contributed by atoms with Gasteiger partial charge in [0.25, 0.3) is 0 Å². The topological polar surface area (TPSA) is 126 Å². The van der Waals surface area contributed by atoms with Crippen LogP contribution in [0.2, 0.25) is 0 Å². The standard InChI is InChI=1S/C16H11FN6O3S/c1-25-16(24)14-13(4-5-27-14)26-12-3-2-10(17)6-11(12)19-8-9(7-18)15-20-22-23-21-15/h2-6,8,19H,1H3,(H,20,21,22,23). The zero-order valence-electron chi connectivity index (χ0n) is 13.8. The van der Waals surface area contributed by atoms with E-state index in [0.29, 0.717) is 0 Å². The van der Waals surface area contributed by atoms with E-state index in [1.165, 1.54) is 31.5 Å². The highest BCUT2D eigenvalue weighted by Gasteiger charge is 2.17. The zero-order chi connectivity index (χ0) is 19.2. The van der Waals surface area contributed by atoms with Crippen molar-refractivity contribution < 1.29 is 18.7 Å². The Hall–Kier alpha value is -3.78. The van der Waals surface area contributed by atoms with Crippen molar-refractivity contribution in [1.82, 2.24) is 20.6 Å². The van der Waals surface area contributed by atoms with E-state index in [2.05, 4.69) is 25.9 Å². The third-order valence-corrected chi connectivity index (χ3v) is 4.12. The zero-order valence-corrected chi connectivity index (χ0v) is 14.6. The fourth-order valence-corrected chi connectivity index (χ4v) is 2.75. The Morgan fingerprint density at radius 3 is 2.96 bits per heavy atom. The van der Waals surface area contributed by atoms with Crippen molar-refractivity contribution in [3.05, 3.63) is 52.4 Å². The molecule has 0 saturated carbocycles. The predicted octanol–water partition coefficient (Wildman–Crippen LogP) is 2.96. The monoisotopic (exact) mass is 386 g/mol. The van der Waals surface area contributed by atoms with E-state index >= 15 is 0 Å². The van der Waals surface area contributed by atoms with Crippen LogP contribution in [0.3, 0.4) is 0 Å². The first-order valence-corrected chi connectivity index (χ1v) is 8.24. The predicted molar refractivity (Wildman–Crippen MR) is 93.5 cm³/mol. The third kappa shape index (κ3) is 4.07. The first kappa shape index (κ1) is 18.0. The molecule has 3 aromatic rings. The molecule has 0 unspecified atom stereocenters. The number of nitrogens with zero attached hydrogens (tertiary/aromatic N) is 4. The molecule has 0 bridgehead atoms. The number of rotatable bonds is 6. The number of carbonyl (C=O) groups is 1. The summed E-state index contributed by atoms with van der Waals surface area (Å²) < 4.78 is 24.1. The molecule has 27 heavy (non-hydrogen) atoms. The molecular weight excluding hydrogens is 375 g/mol. The number of H-pyrrole nitrogens is 1. The van der Waals surface area contributed by atoms with Gasteiger partial charge in [0, 0.05) is 12.3 Å². The maximum Gasteiger partial charge on any atom is 0.351 e. The molecule has 0 amide bonds. The van der Waals surface area contributed by atoms with Gasteiger partial charge in [0.15, 0.2) is 16.4 Å². The largest absolute Gasteiger partial charge is 0.465 e. The molecule has 0 atom stereocenters.